The van der Waals surface area contributed by atoms with Crippen LogP contribution in [0.1, 0.15) is 17.9 Å². The fraction of sp³-hybridized carbons (Fsp3) is 0.333. The van der Waals surface area contributed by atoms with E-state index >= 15 is 0 Å². The quantitative estimate of drug-likeness (QED) is 0.681. The summed E-state index contributed by atoms with van der Waals surface area (Å²) in [7, 11) is 0. The molecule has 0 spiro atoms. The molecule has 0 aromatic heterocycles. The summed E-state index contributed by atoms with van der Waals surface area (Å²) >= 11 is 0. The van der Waals surface area contributed by atoms with E-state index in [0.29, 0.717) is 6.42 Å². The van der Waals surface area contributed by atoms with Gasteiger partial charge in [-0.1, -0.05) is 6.07 Å². The van der Waals surface area contributed by atoms with Crippen LogP contribution in [0, 0.1) is 11.6 Å². The number of nitrogens with two attached hydrogens (primary N) is 1. The van der Waals surface area contributed by atoms with Crippen molar-refractivity contribution in [2.24, 2.45) is 5.73 Å². The minimum Gasteiger partial charge on any atom is -0.327 e. The Morgan fingerprint density at radius 1 is 1.25 bits per heavy atom. The Bertz CT molecular complexity index is 291. The van der Waals surface area contributed by atoms with Crippen molar-refractivity contribution in [2.75, 3.05) is 0 Å². The van der Waals surface area contributed by atoms with Crippen LogP contribution < -0.4 is 5.73 Å². The Hall–Kier alpha value is -0.960. The SMILES string of the molecule is N[C@H]1C[C@@H]1c1c(F)cccc1F. The van der Waals surface area contributed by atoms with E-state index in [1.54, 1.807) is 0 Å². The topological polar surface area (TPSA) is 26.0 Å². The van der Waals surface area contributed by atoms with Crippen molar-refractivity contribution >= 4 is 0 Å². The molecule has 64 valence electrons. The largest absolute Gasteiger partial charge is 0.327 e. The zero-order chi connectivity index (χ0) is 8.72. The van der Waals surface area contributed by atoms with Gasteiger partial charge < -0.3 is 5.73 Å². The molecule has 3 heteroatoms. The van der Waals surface area contributed by atoms with Gasteiger partial charge in [0.2, 0.25) is 0 Å². The maximum Gasteiger partial charge on any atom is 0.129 e. The molecule has 1 aliphatic rings. The molecule has 1 saturated carbocycles. The number of benzene rings is 1. The van der Waals surface area contributed by atoms with Crippen LogP contribution in [0.25, 0.3) is 0 Å². The lowest BCUT2D eigenvalue weighted by molar-refractivity contribution is 0.555. The average molecular weight is 169 g/mol. The predicted molar refractivity (Wildman–Crippen MR) is 41.7 cm³/mol. The van der Waals surface area contributed by atoms with E-state index in [9.17, 15) is 8.78 Å². The lowest BCUT2D eigenvalue weighted by atomic mass is 10.1. The van der Waals surface area contributed by atoms with Gasteiger partial charge >= 0.3 is 0 Å². The van der Waals surface area contributed by atoms with Gasteiger partial charge in [-0.3, -0.25) is 0 Å². The highest BCUT2D eigenvalue weighted by atomic mass is 19.1. The van der Waals surface area contributed by atoms with Gasteiger partial charge in [-0.05, 0) is 18.6 Å². The maximum atomic E-state index is 13.0. The van der Waals surface area contributed by atoms with E-state index < -0.39 is 11.6 Å². The molecule has 0 unspecified atom stereocenters. The van der Waals surface area contributed by atoms with Crippen LogP contribution in [0.15, 0.2) is 18.2 Å². The fourth-order valence-corrected chi connectivity index (χ4v) is 1.41. The van der Waals surface area contributed by atoms with Crippen LogP contribution in [0.2, 0.25) is 0 Å². The summed E-state index contributed by atoms with van der Waals surface area (Å²) in [5.74, 6) is -1.06. The third kappa shape index (κ3) is 1.10. The van der Waals surface area contributed by atoms with Gasteiger partial charge in [-0.15, -0.1) is 0 Å². The molecular formula is C9H9F2N. The molecule has 1 aromatic carbocycles. The molecule has 0 saturated heterocycles. The van der Waals surface area contributed by atoms with E-state index in [0.717, 1.165) is 0 Å². The molecular weight excluding hydrogens is 160 g/mol. The highest BCUT2D eigenvalue weighted by Gasteiger charge is 2.38. The molecule has 12 heavy (non-hydrogen) atoms. The molecule has 1 aliphatic carbocycles. The molecule has 0 amide bonds. The number of hydrogen-bond acceptors (Lipinski definition) is 1. The molecule has 1 fully saturated rings. The predicted octanol–water partition coefficient (Wildman–Crippen LogP) is 1.78. The van der Waals surface area contributed by atoms with Crippen LogP contribution in [0.3, 0.4) is 0 Å². The Balaban J connectivity index is 2.41. The minimum atomic E-state index is -0.479. The zero-order valence-corrected chi connectivity index (χ0v) is 6.43. The van der Waals surface area contributed by atoms with E-state index in [4.69, 9.17) is 5.73 Å². The summed E-state index contributed by atoms with van der Waals surface area (Å²) in [4.78, 5) is 0. The van der Waals surface area contributed by atoms with Gasteiger partial charge in [0, 0.05) is 17.5 Å². The van der Waals surface area contributed by atoms with Crippen molar-refractivity contribution in [3.05, 3.63) is 35.4 Å². The molecule has 0 bridgehead atoms. The highest BCUT2D eigenvalue weighted by Crippen LogP contribution is 2.41. The van der Waals surface area contributed by atoms with Crippen molar-refractivity contribution in [3.63, 3.8) is 0 Å². The minimum absolute atomic E-state index is 0.0589. The second kappa shape index (κ2) is 2.52. The van der Waals surface area contributed by atoms with Crippen molar-refractivity contribution in [2.45, 2.75) is 18.4 Å². The number of rotatable bonds is 1. The molecule has 2 N–H and O–H groups in total. The average Bonchev–Trinajstić information content (AvgIpc) is 2.67. The standard InChI is InChI=1S/C9H9F2N/c10-6-2-1-3-7(11)9(6)5-4-8(5)12/h1-3,5,8H,4,12H2/t5-,8-/m0/s1. The fourth-order valence-electron chi connectivity index (χ4n) is 1.41. The van der Waals surface area contributed by atoms with Gasteiger partial charge in [0.1, 0.15) is 11.6 Å². The van der Waals surface area contributed by atoms with E-state index in [1.165, 1.54) is 18.2 Å². The summed E-state index contributed by atoms with van der Waals surface area (Å²) in [6.07, 6.45) is 0.692. The molecule has 0 heterocycles. The van der Waals surface area contributed by atoms with Crippen molar-refractivity contribution < 1.29 is 8.78 Å². The summed E-state index contributed by atoms with van der Waals surface area (Å²) < 4.78 is 26.0. The lowest BCUT2D eigenvalue weighted by Crippen LogP contribution is -2.03. The lowest BCUT2D eigenvalue weighted by Gasteiger charge is -2.01. The van der Waals surface area contributed by atoms with Crippen molar-refractivity contribution in [3.8, 4) is 0 Å². The van der Waals surface area contributed by atoms with E-state index in [2.05, 4.69) is 0 Å². The molecule has 2 atom stereocenters. The second-order valence-electron chi connectivity index (χ2n) is 3.14. The first-order valence-electron chi connectivity index (χ1n) is 3.89. The normalized spacial score (nSPS) is 27.2. The summed E-state index contributed by atoms with van der Waals surface area (Å²) in [5, 5.41) is 0. The first-order chi connectivity index (χ1) is 5.70. The Morgan fingerprint density at radius 3 is 2.17 bits per heavy atom. The van der Waals surface area contributed by atoms with Crippen LogP contribution in [-0.4, -0.2) is 6.04 Å². The number of halogens is 2. The van der Waals surface area contributed by atoms with Gasteiger partial charge in [0.15, 0.2) is 0 Å². The highest BCUT2D eigenvalue weighted by molar-refractivity contribution is 5.30. The van der Waals surface area contributed by atoms with Crippen molar-refractivity contribution in [1.82, 2.24) is 0 Å². The Labute approximate surface area is 69.2 Å². The molecule has 1 aromatic rings. The van der Waals surface area contributed by atoms with Crippen LogP contribution in [0.4, 0.5) is 8.78 Å². The first kappa shape index (κ1) is 7.68. The van der Waals surface area contributed by atoms with Crippen molar-refractivity contribution in [1.29, 1.82) is 0 Å². The third-order valence-corrected chi connectivity index (χ3v) is 2.21. The van der Waals surface area contributed by atoms with Gasteiger partial charge in [0.05, 0.1) is 0 Å². The molecule has 2 rings (SSSR count). The zero-order valence-electron chi connectivity index (χ0n) is 6.43. The smallest absolute Gasteiger partial charge is 0.129 e. The van der Waals surface area contributed by atoms with E-state index in [-0.39, 0.29) is 17.5 Å². The van der Waals surface area contributed by atoms with Gasteiger partial charge in [-0.2, -0.15) is 0 Å². The monoisotopic (exact) mass is 169 g/mol. The molecule has 0 aliphatic heterocycles. The first-order valence-corrected chi connectivity index (χ1v) is 3.89. The third-order valence-electron chi connectivity index (χ3n) is 2.21. The summed E-state index contributed by atoms with van der Waals surface area (Å²) in [5.41, 5.74) is 5.66. The Kier molecular flexibility index (Phi) is 1.61. The maximum absolute atomic E-state index is 13.0. The Morgan fingerprint density at radius 2 is 1.75 bits per heavy atom. The van der Waals surface area contributed by atoms with Gasteiger partial charge in [-0.25, -0.2) is 8.78 Å². The van der Waals surface area contributed by atoms with Gasteiger partial charge in [0.25, 0.3) is 0 Å². The summed E-state index contributed by atoms with van der Waals surface area (Å²) in [6, 6.07) is 3.84. The molecule has 0 radical (unpaired) electrons. The number of hydrogen-bond donors (Lipinski definition) is 1. The van der Waals surface area contributed by atoms with Crippen LogP contribution in [-0.2, 0) is 0 Å². The molecule has 1 nitrogen and oxygen atoms in total. The summed E-state index contributed by atoms with van der Waals surface area (Å²) in [6.45, 7) is 0. The van der Waals surface area contributed by atoms with Crippen LogP contribution >= 0.6 is 0 Å². The second-order valence-corrected chi connectivity index (χ2v) is 3.14. The van der Waals surface area contributed by atoms with E-state index in [1.807, 2.05) is 0 Å². The van der Waals surface area contributed by atoms with Crippen LogP contribution in [0.5, 0.6) is 0 Å².